The van der Waals surface area contributed by atoms with E-state index in [9.17, 15) is 14.9 Å². The molecule has 0 atom stereocenters. The normalized spacial score (nSPS) is 16.5. The Labute approximate surface area is 140 Å². The lowest BCUT2D eigenvalue weighted by Crippen LogP contribution is -2.25. The number of hydrazone groups is 1. The van der Waals surface area contributed by atoms with Gasteiger partial charge in [0.2, 0.25) is 0 Å². The summed E-state index contributed by atoms with van der Waals surface area (Å²) in [7, 11) is 0. The summed E-state index contributed by atoms with van der Waals surface area (Å²) >= 11 is 0. The van der Waals surface area contributed by atoms with E-state index in [4.69, 9.17) is 4.63 Å². The number of rotatable bonds is 4. The standard InChI is InChI=1S/C14H12N6O5/c1-8(21)24-17-11-5-6-12-14(19-25-18-12)13(11)16-15-9-3-2-4-10(7-9)20(22)23/h2-4,7,15H,5-6H2,1H3/b16-13+,17-11+. The number of nitrogens with one attached hydrogen (secondary N) is 1. The molecule has 11 heteroatoms. The molecular formula is C14H12N6O5. The van der Waals surface area contributed by atoms with Crippen molar-refractivity contribution in [2.75, 3.05) is 5.43 Å². The Morgan fingerprint density at radius 1 is 1.40 bits per heavy atom. The predicted octanol–water partition coefficient (Wildman–Crippen LogP) is 1.66. The average Bonchev–Trinajstić information content (AvgIpc) is 3.07. The van der Waals surface area contributed by atoms with Crippen molar-refractivity contribution in [3.63, 3.8) is 0 Å². The fourth-order valence-electron chi connectivity index (χ4n) is 2.18. The van der Waals surface area contributed by atoms with Crippen LogP contribution in [0.2, 0.25) is 0 Å². The number of nitrogens with zero attached hydrogens (tertiary/aromatic N) is 5. The number of aromatic nitrogens is 2. The van der Waals surface area contributed by atoms with E-state index in [1.165, 1.54) is 25.1 Å². The summed E-state index contributed by atoms with van der Waals surface area (Å²) in [6.45, 7) is 1.23. The largest absolute Gasteiger partial charge is 0.331 e. The van der Waals surface area contributed by atoms with Crippen LogP contribution in [0.3, 0.4) is 0 Å². The molecule has 128 valence electrons. The van der Waals surface area contributed by atoms with Crippen molar-refractivity contribution in [2.45, 2.75) is 19.8 Å². The van der Waals surface area contributed by atoms with Crippen LogP contribution in [0.1, 0.15) is 24.7 Å². The first kappa shape index (κ1) is 16.2. The maximum absolute atomic E-state index is 11.0. The van der Waals surface area contributed by atoms with Crippen LogP contribution in [-0.2, 0) is 16.1 Å². The van der Waals surface area contributed by atoms with E-state index >= 15 is 0 Å². The zero-order valence-corrected chi connectivity index (χ0v) is 13.0. The number of aryl methyl sites for hydroxylation is 1. The Bertz CT molecular complexity index is 887. The Morgan fingerprint density at radius 2 is 2.24 bits per heavy atom. The minimum atomic E-state index is -0.567. The molecule has 11 nitrogen and oxygen atoms in total. The van der Waals surface area contributed by atoms with Gasteiger partial charge in [0, 0.05) is 31.9 Å². The van der Waals surface area contributed by atoms with Gasteiger partial charge in [-0.3, -0.25) is 15.5 Å². The van der Waals surface area contributed by atoms with Gasteiger partial charge in [0.05, 0.1) is 10.6 Å². The summed E-state index contributed by atoms with van der Waals surface area (Å²) in [5, 5.41) is 26.4. The molecule has 1 N–H and O–H groups in total. The number of benzene rings is 1. The van der Waals surface area contributed by atoms with Gasteiger partial charge < -0.3 is 4.84 Å². The average molecular weight is 344 g/mol. The SMILES string of the molecule is CC(=O)O/N=C1\CCc2nonc2\C1=N\Nc1cccc([N+](=O)[O-])c1. The van der Waals surface area contributed by atoms with Crippen LogP contribution in [0.15, 0.2) is 39.2 Å². The molecule has 2 aromatic rings. The zero-order valence-electron chi connectivity index (χ0n) is 13.0. The Hall–Kier alpha value is -3.63. The zero-order chi connectivity index (χ0) is 17.8. The molecule has 0 saturated carbocycles. The van der Waals surface area contributed by atoms with Crippen LogP contribution in [0, 0.1) is 10.1 Å². The van der Waals surface area contributed by atoms with Crippen molar-refractivity contribution < 1.29 is 19.2 Å². The van der Waals surface area contributed by atoms with E-state index in [0.717, 1.165) is 0 Å². The van der Waals surface area contributed by atoms with Crippen LogP contribution < -0.4 is 5.43 Å². The monoisotopic (exact) mass is 344 g/mol. The molecular weight excluding hydrogens is 332 g/mol. The lowest BCUT2D eigenvalue weighted by Gasteiger charge is -2.12. The summed E-state index contributed by atoms with van der Waals surface area (Å²) in [6, 6.07) is 5.84. The smallest absolute Gasteiger partial charge is 0.318 e. The Balaban J connectivity index is 1.92. The number of nitro benzene ring substituents is 1. The number of non-ortho nitro benzene ring substituents is 1. The summed E-state index contributed by atoms with van der Waals surface area (Å²) in [5.74, 6) is -0.567. The van der Waals surface area contributed by atoms with E-state index in [2.05, 4.69) is 30.8 Å². The first-order valence-corrected chi connectivity index (χ1v) is 7.19. The molecule has 0 unspecified atom stereocenters. The fourth-order valence-corrected chi connectivity index (χ4v) is 2.18. The maximum Gasteiger partial charge on any atom is 0.331 e. The molecule has 3 rings (SSSR count). The van der Waals surface area contributed by atoms with Gasteiger partial charge >= 0.3 is 5.97 Å². The summed E-state index contributed by atoms with van der Waals surface area (Å²) in [5.41, 5.74) is 4.68. The highest BCUT2D eigenvalue weighted by atomic mass is 16.7. The van der Waals surface area contributed by atoms with Crippen molar-refractivity contribution in [1.82, 2.24) is 10.3 Å². The summed E-state index contributed by atoms with van der Waals surface area (Å²) in [4.78, 5) is 26.0. The molecule has 1 aromatic carbocycles. The highest BCUT2D eigenvalue weighted by Crippen LogP contribution is 2.20. The second-order valence-corrected chi connectivity index (χ2v) is 5.06. The molecule has 0 fully saturated rings. The molecule has 25 heavy (non-hydrogen) atoms. The molecule has 0 bridgehead atoms. The number of fused-ring (bicyclic) bond motifs is 1. The van der Waals surface area contributed by atoms with Crippen molar-refractivity contribution in [3.8, 4) is 0 Å². The molecule has 0 spiro atoms. The first-order valence-electron chi connectivity index (χ1n) is 7.19. The minimum absolute atomic E-state index is 0.0774. The van der Waals surface area contributed by atoms with Crippen LogP contribution in [-0.4, -0.2) is 32.6 Å². The molecule has 0 saturated heterocycles. The third-order valence-electron chi connectivity index (χ3n) is 3.29. The lowest BCUT2D eigenvalue weighted by molar-refractivity contribution is -0.384. The van der Waals surface area contributed by atoms with Gasteiger partial charge in [0.15, 0.2) is 5.69 Å². The fraction of sp³-hybridized carbons (Fsp3) is 0.214. The van der Waals surface area contributed by atoms with Crippen molar-refractivity contribution in [1.29, 1.82) is 0 Å². The van der Waals surface area contributed by atoms with Gasteiger partial charge in [0.1, 0.15) is 17.1 Å². The van der Waals surface area contributed by atoms with Gasteiger partial charge in [-0.25, -0.2) is 9.42 Å². The molecule has 0 aliphatic heterocycles. The van der Waals surface area contributed by atoms with Gasteiger partial charge in [0.25, 0.3) is 5.69 Å². The van der Waals surface area contributed by atoms with E-state index in [1.807, 2.05) is 0 Å². The van der Waals surface area contributed by atoms with Crippen LogP contribution in [0.25, 0.3) is 0 Å². The molecule has 0 radical (unpaired) electrons. The van der Waals surface area contributed by atoms with E-state index in [1.54, 1.807) is 6.07 Å². The maximum atomic E-state index is 11.0. The molecule has 1 aliphatic rings. The van der Waals surface area contributed by atoms with Crippen LogP contribution in [0.4, 0.5) is 11.4 Å². The molecule has 1 aromatic heterocycles. The number of hydrogen-bond acceptors (Lipinski definition) is 10. The molecule has 0 amide bonds. The van der Waals surface area contributed by atoms with Crippen LogP contribution >= 0.6 is 0 Å². The Kier molecular flexibility index (Phi) is 4.46. The Morgan fingerprint density at radius 3 is 3.00 bits per heavy atom. The second kappa shape index (κ2) is 6.86. The van der Waals surface area contributed by atoms with Crippen molar-refractivity contribution >= 4 is 28.8 Å². The van der Waals surface area contributed by atoms with Gasteiger partial charge in [-0.05, 0) is 11.2 Å². The van der Waals surface area contributed by atoms with Gasteiger partial charge in [-0.1, -0.05) is 16.4 Å². The number of hydrogen-bond donors (Lipinski definition) is 1. The number of carbonyl (C=O) groups is 1. The third-order valence-corrected chi connectivity index (χ3v) is 3.29. The number of nitro groups is 1. The van der Waals surface area contributed by atoms with E-state index in [0.29, 0.717) is 35.6 Å². The van der Waals surface area contributed by atoms with Crippen molar-refractivity contribution in [3.05, 3.63) is 45.8 Å². The predicted molar refractivity (Wildman–Crippen MR) is 85.1 cm³/mol. The highest BCUT2D eigenvalue weighted by Gasteiger charge is 2.28. The topological polar surface area (TPSA) is 145 Å². The minimum Gasteiger partial charge on any atom is -0.318 e. The van der Waals surface area contributed by atoms with Gasteiger partial charge in [-0.2, -0.15) is 5.10 Å². The van der Waals surface area contributed by atoms with Crippen molar-refractivity contribution in [2.24, 2.45) is 10.3 Å². The summed E-state index contributed by atoms with van der Waals surface area (Å²) < 4.78 is 4.71. The van der Waals surface area contributed by atoms with Gasteiger partial charge in [-0.15, -0.1) is 0 Å². The van der Waals surface area contributed by atoms with E-state index < -0.39 is 10.9 Å². The number of anilines is 1. The number of oxime groups is 1. The highest BCUT2D eigenvalue weighted by molar-refractivity contribution is 6.48. The second-order valence-electron chi connectivity index (χ2n) is 5.06. The van der Waals surface area contributed by atoms with E-state index in [-0.39, 0.29) is 11.4 Å². The van der Waals surface area contributed by atoms with Crippen LogP contribution in [0.5, 0.6) is 0 Å². The molecule has 1 aliphatic carbocycles. The molecule has 1 heterocycles. The summed E-state index contributed by atoms with van der Waals surface area (Å²) in [6.07, 6.45) is 0.929. The quantitative estimate of drug-likeness (QED) is 0.500. The lowest BCUT2D eigenvalue weighted by atomic mass is 9.97. The number of carbonyl (C=O) groups excluding carboxylic acids is 1. The third kappa shape index (κ3) is 3.65. The first-order chi connectivity index (χ1) is 12.0.